The summed E-state index contributed by atoms with van der Waals surface area (Å²) in [5.41, 5.74) is 1.58. The van der Waals surface area contributed by atoms with E-state index in [0.717, 1.165) is 0 Å². The Hall–Kier alpha value is -3.12. The lowest BCUT2D eigenvalue weighted by atomic mass is 10.0. The van der Waals surface area contributed by atoms with Crippen LogP contribution in [0.1, 0.15) is 21.5 Å². The molecule has 0 fully saturated rings. The van der Waals surface area contributed by atoms with Gasteiger partial charge >= 0.3 is 5.97 Å². The maximum Gasteiger partial charge on any atom is 0.331 e. The molecule has 0 spiro atoms. The van der Waals surface area contributed by atoms with E-state index in [1.54, 1.807) is 54.6 Å². The lowest BCUT2D eigenvalue weighted by Gasteiger charge is -2.11. The van der Waals surface area contributed by atoms with Crippen molar-refractivity contribution in [3.8, 4) is 0 Å². The van der Waals surface area contributed by atoms with Crippen LogP contribution in [0.15, 0.2) is 72.8 Å². The Morgan fingerprint density at radius 3 is 2.34 bits per heavy atom. The number of hydrogen-bond acceptors (Lipinski definition) is 4. The number of nitrogens with one attached hydrogen (secondary N) is 1. The number of esters is 1. The number of rotatable bonds is 7. The Kier molecular flexibility index (Phi) is 8.06. The van der Waals surface area contributed by atoms with Crippen molar-refractivity contribution in [3.05, 3.63) is 105 Å². The van der Waals surface area contributed by atoms with Crippen LogP contribution in [0.2, 0.25) is 15.1 Å². The first-order valence-electron chi connectivity index (χ1n) is 9.32. The summed E-state index contributed by atoms with van der Waals surface area (Å²) in [7, 11) is 0. The molecule has 3 aromatic rings. The summed E-state index contributed by atoms with van der Waals surface area (Å²) in [5, 5.41) is 3.68. The topological polar surface area (TPSA) is 72.5 Å². The fourth-order valence-corrected chi connectivity index (χ4v) is 3.19. The van der Waals surface area contributed by atoms with Crippen LogP contribution in [-0.2, 0) is 14.3 Å². The van der Waals surface area contributed by atoms with Crippen molar-refractivity contribution in [1.29, 1.82) is 0 Å². The predicted octanol–water partition coefficient (Wildman–Crippen LogP) is 6.07. The van der Waals surface area contributed by atoms with Crippen molar-refractivity contribution in [1.82, 2.24) is 0 Å². The number of halogens is 3. The van der Waals surface area contributed by atoms with Crippen LogP contribution < -0.4 is 5.32 Å². The van der Waals surface area contributed by atoms with Gasteiger partial charge in [0.1, 0.15) is 0 Å². The number of ketones is 1. The Labute approximate surface area is 199 Å². The van der Waals surface area contributed by atoms with E-state index >= 15 is 0 Å². The monoisotopic (exact) mass is 487 g/mol. The van der Waals surface area contributed by atoms with Crippen LogP contribution in [0.5, 0.6) is 0 Å². The number of amides is 1. The SMILES string of the molecule is O=C(COC(=O)C=Cc1ccc(Cl)c(Cl)c1)Nc1ccc(Cl)cc1C(=O)c1ccccc1. The molecule has 32 heavy (non-hydrogen) atoms. The smallest absolute Gasteiger partial charge is 0.331 e. The van der Waals surface area contributed by atoms with Gasteiger partial charge in [-0.2, -0.15) is 0 Å². The fraction of sp³-hybridized carbons (Fsp3) is 0.0417. The number of carbonyl (C=O) groups excluding carboxylic acids is 3. The molecular formula is C24H16Cl3NO4. The molecule has 0 atom stereocenters. The average Bonchev–Trinajstić information content (AvgIpc) is 2.79. The molecule has 0 aliphatic carbocycles. The highest BCUT2D eigenvalue weighted by Crippen LogP contribution is 2.24. The van der Waals surface area contributed by atoms with Gasteiger partial charge < -0.3 is 10.1 Å². The van der Waals surface area contributed by atoms with Crippen LogP contribution >= 0.6 is 34.8 Å². The second kappa shape index (κ2) is 11.0. The molecule has 0 aliphatic heterocycles. The summed E-state index contributed by atoms with van der Waals surface area (Å²) in [6.07, 6.45) is 2.65. The largest absolute Gasteiger partial charge is 0.452 e. The highest BCUT2D eigenvalue weighted by molar-refractivity contribution is 6.42. The van der Waals surface area contributed by atoms with Crippen molar-refractivity contribution in [2.45, 2.75) is 0 Å². The maximum atomic E-state index is 12.8. The first-order chi connectivity index (χ1) is 15.3. The number of ether oxygens (including phenoxy) is 1. The Balaban J connectivity index is 1.62. The van der Waals surface area contributed by atoms with Crippen molar-refractivity contribution in [2.24, 2.45) is 0 Å². The number of benzene rings is 3. The summed E-state index contributed by atoms with van der Waals surface area (Å²) in [4.78, 5) is 37.0. The first-order valence-corrected chi connectivity index (χ1v) is 10.5. The minimum atomic E-state index is -0.720. The second-order valence-corrected chi connectivity index (χ2v) is 7.80. The zero-order valence-electron chi connectivity index (χ0n) is 16.5. The Morgan fingerprint density at radius 1 is 0.875 bits per heavy atom. The molecule has 0 saturated heterocycles. The molecule has 1 amide bonds. The molecule has 0 heterocycles. The van der Waals surface area contributed by atoms with Gasteiger partial charge in [-0.25, -0.2) is 4.79 Å². The van der Waals surface area contributed by atoms with Crippen LogP contribution in [0.25, 0.3) is 6.08 Å². The lowest BCUT2D eigenvalue weighted by molar-refractivity contribution is -0.142. The molecule has 0 aromatic heterocycles. The van der Waals surface area contributed by atoms with Crippen LogP contribution in [-0.4, -0.2) is 24.3 Å². The summed E-state index contributed by atoms with van der Waals surface area (Å²) >= 11 is 17.8. The number of hydrogen-bond donors (Lipinski definition) is 1. The quantitative estimate of drug-likeness (QED) is 0.249. The van der Waals surface area contributed by atoms with Crippen molar-refractivity contribution >= 4 is 64.2 Å². The zero-order valence-corrected chi connectivity index (χ0v) is 18.7. The molecule has 0 aliphatic rings. The van der Waals surface area contributed by atoms with Crippen molar-refractivity contribution < 1.29 is 19.1 Å². The van der Waals surface area contributed by atoms with E-state index in [1.807, 2.05) is 0 Å². The molecule has 0 saturated carbocycles. The molecule has 8 heteroatoms. The van der Waals surface area contributed by atoms with E-state index in [-0.39, 0.29) is 17.0 Å². The van der Waals surface area contributed by atoms with Gasteiger partial charge in [-0.15, -0.1) is 0 Å². The average molecular weight is 489 g/mol. The van der Waals surface area contributed by atoms with Gasteiger partial charge in [0.25, 0.3) is 5.91 Å². The van der Waals surface area contributed by atoms with Crippen LogP contribution in [0.3, 0.4) is 0 Å². The van der Waals surface area contributed by atoms with Gasteiger partial charge in [0.15, 0.2) is 12.4 Å². The van der Waals surface area contributed by atoms with E-state index in [2.05, 4.69) is 5.32 Å². The lowest BCUT2D eigenvalue weighted by Crippen LogP contribution is -2.21. The summed E-state index contributed by atoms with van der Waals surface area (Å²) in [6, 6.07) is 18.0. The van der Waals surface area contributed by atoms with Gasteiger partial charge in [-0.05, 0) is 42.0 Å². The molecule has 3 rings (SSSR count). The van der Waals surface area contributed by atoms with Gasteiger partial charge in [0.05, 0.1) is 15.7 Å². The van der Waals surface area contributed by atoms with E-state index in [0.29, 0.717) is 26.2 Å². The fourth-order valence-electron chi connectivity index (χ4n) is 2.71. The zero-order chi connectivity index (χ0) is 23.1. The van der Waals surface area contributed by atoms with E-state index in [4.69, 9.17) is 39.5 Å². The molecular weight excluding hydrogens is 473 g/mol. The first kappa shape index (κ1) is 23.5. The van der Waals surface area contributed by atoms with Crippen molar-refractivity contribution in [2.75, 3.05) is 11.9 Å². The van der Waals surface area contributed by atoms with Crippen molar-refractivity contribution in [3.63, 3.8) is 0 Å². The minimum absolute atomic E-state index is 0.225. The van der Waals surface area contributed by atoms with E-state index in [9.17, 15) is 14.4 Å². The predicted molar refractivity (Wildman–Crippen MR) is 126 cm³/mol. The summed E-state index contributed by atoms with van der Waals surface area (Å²) < 4.78 is 4.95. The molecule has 5 nitrogen and oxygen atoms in total. The Bertz CT molecular complexity index is 1190. The molecule has 162 valence electrons. The number of carbonyl (C=O) groups is 3. The molecule has 3 aromatic carbocycles. The van der Waals surface area contributed by atoms with Gasteiger partial charge in [-0.3, -0.25) is 9.59 Å². The normalized spacial score (nSPS) is 10.7. The highest BCUT2D eigenvalue weighted by atomic mass is 35.5. The highest BCUT2D eigenvalue weighted by Gasteiger charge is 2.16. The Morgan fingerprint density at radius 2 is 1.62 bits per heavy atom. The van der Waals surface area contributed by atoms with E-state index < -0.39 is 18.5 Å². The van der Waals surface area contributed by atoms with E-state index in [1.165, 1.54) is 24.3 Å². The third-order valence-corrected chi connectivity index (χ3v) is 5.21. The third-order valence-electron chi connectivity index (χ3n) is 4.24. The summed E-state index contributed by atoms with van der Waals surface area (Å²) in [5.74, 6) is -1.63. The molecule has 1 N–H and O–H groups in total. The van der Waals surface area contributed by atoms with Crippen LogP contribution in [0, 0.1) is 0 Å². The molecule has 0 unspecified atom stereocenters. The van der Waals surface area contributed by atoms with Crippen LogP contribution in [0.4, 0.5) is 5.69 Å². The molecule has 0 bridgehead atoms. The third kappa shape index (κ3) is 6.44. The maximum absolute atomic E-state index is 12.8. The summed E-state index contributed by atoms with van der Waals surface area (Å²) in [6.45, 7) is -0.536. The number of anilines is 1. The van der Waals surface area contributed by atoms with Gasteiger partial charge in [0.2, 0.25) is 0 Å². The standard InChI is InChI=1S/C24H16Cl3NO4/c25-17-8-10-21(18(13-17)24(31)16-4-2-1-3-5-16)28-22(29)14-32-23(30)11-7-15-6-9-19(26)20(27)12-15/h1-13H,14H2,(H,28,29). The molecule has 0 radical (unpaired) electrons. The minimum Gasteiger partial charge on any atom is -0.452 e. The van der Waals surface area contributed by atoms with Gasteiger partial charge in [0, 0.05) is 22.2 Å². The van der Waals surface area contributed by atoms with Gasteiger partial charge in [-0.1, -0.05) is 71.2 Å². The second-order valence-electron chi connectivity index (χ2n) is 6.55.